The van der Waals surface area contributed by atoms with Crippen LogP contribution in [0.4, 0.5) is 5.69 Å². The lowest BCUT2D eigenvalue weighted by atomic mass is 10.2. The summed E-state index contributed by atoms with van der Waals surface area (Å²) in [6.45, 7) is 1.95. The van der Waals surface area contributed by atoms with Gasteiger partial charge in [-0.25, -0.2) is 4.98 Å². The van der Waals surface area contributed by atoms with Crippen LogP contribution in [-0.4, -0.2) is 32.2 Å². The van der Waals surface area contributed by atoms with E-state index in [9.17, 15) is 4.79 Å². The molecule has 0 aliphatic rings. The summed E-state index contributed by atoms with van der Waals surface area (Å²) in [5.41, 5.74) is 2.83. The van der Waals surface area contributed by atoms with Gasteiger partial charge in [0.05, 0.1) is 27.0 Å². The third kappa shape index (κ3) is 4.03. The molecular formula is C20H20N2O4S. The van der Waals surface area contributed by atoms with Gasteiger partial charge in [-0.1, -0.05) is 6.07 Å². The highest BCUT2D eigenvalue weighted by atomic mass is 32.1. The van der Waals surface area contributed by atoms with Crippen molar-refractivity contribution in [3.8, 4) is 27.8 Å². The van der Waals surface area contributed by atoms with E-state index >= 15 is 0 Å². The Morgan fingerprint density at radius 2 is 1.67 bits per heavy atom. The molecule has 0 fully saturated rings. The summed E-state index contributed by atoms with van der Waals surface area (Å²) in [7, 11) is 4.73. The first-order chi connectivity index (χ1) is 13.0. The largest absolute Gasteiger partial charge is 0.495 e. The second-order valence-corrected chi connectivity index (χ2v) is 6.62. The fraction of sp³-hybridized carbons (Fsp3) is 0.200. The number of benzene rings is 2. The monoisotopic (exact) mass is 384 g/mol. The van der Waals surface area contributed by atoms with Crippen LogP contribution in [0.1, 0.15) is 16.1 Å². The number of ether oxygens (including phenoxy) is 3. The number of carbonyl (C=O) groups excluding carboxylic acids is 1. The van der Waals surface area contributed by atoms with Gasteiger partial charge in [0.15, 0.2) is 11.5 Å². The first-order valence-corrected chi connectivity index (χ1v) is 9.07. The standard InChI is InChI=1S/C20H20N2O4S/c1-12-5-7-16(24-2)14(9-12)21-19(23)15-11-27-20(22-15)13-6-8-17(25-3)18(10-13)26-4/h5-11H,1-4H3,(H,21,23). The van der Waals surface area contributed by atoms with Crippen LogP contribution in [0.5, 0.6) is 17.2 Å². The molecule has 0 radical (unpaired) electrons. The van der Waals surface area contributed by atoms with Gasteiger partial charge in [0.1, 0.15) is 16.5 Å². The topological polar surface area (TPSA) is 69.7 Å². The molecule has 3 rings (SSSR count). The van der Waals surface area contributed by atoms with E-state index in [1.54, 1.807) is 26.7 Å². The van der Waals surface area contributed by atoms with Crippen LogP contribution >= 0.6 is 11.3 Å². The molecule has 0 aliphatic carbocycles. The Bertz CT molecular complexity index is 968. The van der Waals surface area contributed by atoms with Crippen molar-refractivity contribution in [1.29, 1.82) is 0 Å². The molecule has 27 heavy (non-hydrogen) atoms. The quantitative estimate of drug-likeness (QED) is 0.682. The van der Waals surface area contributed by atoms with E-state index in [4.69, 9.17) is 14.2 Å². The summed E-state index contributed by atoms with van der Waals surface area (Å²) in [6.07, 6.45) is 0. The Hall–Kier alpha value is -3.06. The van der Waals surface area contributed by atoms with Gasteiger partial charge in [0.25, 0.3) is 5.91 Å². The maximum atomic E-state index is 12.6. The van der Waals surface area contributed by atoms with Crippen LogP contribution in [0.25, 0.3) is 10.6 Å². The molecule has 7 heteroatoms. The number of aryl methyl sites for hydroxylation is 1. The van der Waals surface area contributed by atoms with Gasteiger partial charge in [0, 0.05) is 10.9 Å². The molecule has 0 saturated heterocycles. The Balaban J connectivity index is 1.83. The molecule has 3 aromatic rings. The fourth-order valence-electron chi connectivity index (χ4n) is 2.59. The van der Waals surface area contributed by atoms with Crippen LogP contribution in [0, 0.1) is 6.92 Å². The highest BCUT2D eigenvalue weighted by Gasteiger charge is 2.15. The smallest absolute Gasteiger partial charge is 0.275 e. The van der Waals surface area contributed by atoms with Crippen molar-refractivity contribution in [2.24, 2.45) is 0 Å². The second kappa shape index (κ2) is 8.09. The summed E-state index contributed by atoms with van der Waals surface area (Å²) in [6, 6.07) is 11.1. The van der Waals surface area contributed by atoms with Gasteiger partial charge >= 0.3 is 0 Å². The first kappa shape index (κ1) is 18.7. The van der Waals surface area contributed by atoms with Gasteiger partial charge < -0.3 is 19.5 Å². The van der Waals surface area contributed by atoms with Crippen LogP contribution in [0.3, 0.4) is 0 Å². The van der Waals surface area contributed by atoms with Crippen molar-refractivity contribution < 1.29 is 19.0 Å². The van der Waals surface area contributed by atoms with E-state index < -0.39 is 0 Å². The lowest BCUT2D eigenvalue weighted by Gasteiger charge is -2.10. The number of thiazole rings is 1. The van der Waals surface area contributed by atoms with E-state index in [-0.39, 0.29) is 5.91 Å². The minimum Gasteiger partial charge on any atom is -0.495 e. The lowest BCUT2D eigenvalue weighted by molar-refractivity contribution is 0.102. The molecule has 0 bridgehead atoms. The zero-order valence-corrected chi connectivity index (χ0v) is 16.3. The molecule has 0 spiro atoms. The van der Waals surface area contributed by atoms with Crippen LogP contribution in [0.15, 0.2) is 41.8 Å². The SMILES string of the molecule is COc1ccc(C)cc1NC(=O)c1csc(-c2ccc(OC)c(OC)c2)n1. The van der Waals surface area contributed by atoms with E-state index in [1.165, 1.54) is 11.3 Å². The van der Waals surface area contributed by atoms with E-state index in [2.05, 4.69) is 10.3 Å². The number of nitrogens with zero attached hydrogens (tertiary/aromatic N) is 1. The molecule has 140 valence electrons. The van der Waals surface area contributed by atoms with Crippen LogP contribution in [-0.2, 0) is 0 Å². The zero-order chi connectivity index (χ0) is 19.4. The number of amides is 1. The molecular weight excluding hydrogens is 364 g/mol. The molecule has 0 saturated carbocycles. The van der Waals surface area contributed by atoms with Crippen LogP contribution < -0.4 is 19.5 Å². The van der Waals surface area contributed by atoms with Gasteiger partial charge in [-0.05, 0) is 42.8 Å². The lowest BCUT2D eigenvalue weighted by Crippen LogP contribution is -2.13. The summed E-state index contributed by atoms with van der Waals surface area (Å²) in [4.78, 5) is 17.0. The van der Waals surface area contributed by atoms with E-state index in [0.717, 1.165) is 16.1 Å². The molecule has 2 aromatic carbocycles. The van der Waals surface area contributed by atoms with Crippen LogP contribution in [0.2, 0.25) is 0 Å². The normalized spacial score (nSPS) is 10.4. The number of nitrogens with one attached hydrogen (secondary N) is 1. The number of aromatic nitrogens is 1. The second-order valence-electron chi connectivity index (χ2n) is 5.77. The molecule has 0 unspecified atom stereocenters. The van der Waals surface area contributed by atoms with Crippen molar-refractivity contribution in [1.82, 2.24) is 4.98 Å². The number of hydrogen-bond acceptors (Lipinski definition) is 6. The number of hydrogen-bond donors (Lipinski definition) is 1. The Morgan fingerprint density at radius 1 is 0.963 bits per heavy atom. The van der Waals surface area contributed by atoms with Crippen molar-refractivity contribution in [2.75, 3.05) is 26.6 Å². The van der Waals surface area contributed by atoms with E-state index in [1.807, 2.05) is 43.3 Å². The van der Waals surface area contributed by atoms with Crippen molar-refractivity contribution >= 4 is 22.9 Å². The summed E-state index contributed by atoms with van der Waals surface area (Å²) < 4.78 is 15.9. The van der Waals surface area contributed by atoms with Crippen molar-refractivity contribution in [3.63, 3.8) is 0 Å². The van der Waals surface area contributed by atoms with Crippen molar-refractivity contribution in [2.45, 2.75) is 6.92 Å². The van der Waals surface area contributed by atoms with Crippen molar-refractivity contribution in [3.05, 3.63) is 53.0 Å². The van der Waals surface area contributed by atoms with Gasteiger partial charge in [0.2, 0.25) is 0 Å². The third-order valence-electron chi connectivity index (χ3n) is 3.97. The summed E-state index contributed by atoms with van der Waals surface area (Å²) in [5, 5.41) is 5.31. The molecule has 1 N–H and O–H groups in total. The number of anilines is 1. The maximum Gasteiger partial charge on any atom is 0.275 e. The Morgan fingerprint density at radius 3 is 2.37 bits per heavy atom. The number of methoxy groups -OCH3 is 3. The average Bonchev–Trinajstić information content (AvgIpc) is 3.18. The molecule has 6 nitrogen and oxygen atoms in total. The highest BCUT2D eigenvalue weighted by Crippen LogP contribution is 2.34. The first-order valence-electron chi connectivity index (χ1n) is 8.19. The van der Waals surface area contributed by atoms with Gasteiger partial charge in [-0.3, -0.25) is 4.79 Å². The summed E-state index contributed by atoms with van der Waals surface area (Å²) >= 11 is 1.39. The molecule has 0 aliphatic heterocycles. The predicted molar refractivity (Wildman–Crippen MR) is 106 cm³/mol. The molecule has 1 heterocycles. The van der Waals surface area contributed by atoms with E-state index in [0.29, 0.717) is 28.6 Å². The predicted octanol–water partition coefficient (Wildman–Crippen LogP) is 4.40. The Labute approximate surface area is 161 Å². The number of carbonyl (C=O) groups is 1. The third-order valence-corrected chi connectivity index (χ3v) is 4.86. The average molecular weight is 384 g/mol. The Kier molecular flexibility index (Phi) is 5.61. The fourth-order valence-corrected chi connectivity index (χ4v) is 3.38. The summed E-state index contributed by atoms with van der Waals surface area (Å²) in [5.74, 6) is 1.56. The van der Waals surface area contributed by atoms with Gasteiger partial charge in [-0.15, -0.1) is 11.3 Å². The maximum absolute atomic E-state index is 12.6. The highest BCUT2D eigenvalue weighted by molar-refractivity contribution is 7.13. The minimum absolute atomic E-state index is 0.290. The molecule has 1 amide bonds. The van der Waals surface area contributed by atoms with Gasteiger partial charge in [-0.2, -0.15) is 0 Å². The minimum atomic E-state index is -0.290. The molecule has 0 atom stereocenters. The number of rotatable bonds is 6. The molecule has 1 aromatic heterocycles. The zero-order valence-electron chi connectivity index (χ0n) is 15.5.